The van der Waals surface area contributed by atoms with Crippen LogP contribution in [0.15, 0.2) is 34.9 Å². The zero-order valence-electron chi connectivity index (χ0n) is 10.6. The van der Waals surface area contributed by atoms with Gasteiger partial charge in [-0.25, -0.2) is 0 Å². The van der Waals surface area contributed by atoms with Crippen LogP contribution in [0.25, 0.3) is 0 Å². The highest BCUT2D eigenvalue weighted by atomic mass is 79.9. The van der Waals surface area contributed by atoms with Crippen LogP contribution in [0, 0.1) is 0 Å². The summed E-state index contributed by atoms with van der Waals surface area (Å²) < 4.78 is 2.64. The lowest BCUT2D eigenvalue weighted by molar-refractivity contribution is 0.0781. The molecule has 1 amide bonds. The van der Waals surface area contributed by atoms with E-state index < -0.39 is 0 Å². The molecule has 0 radical (unpaired) electrons. The lowest BCUT2D eigenvalue weighted by Gasteiger charge is -2.17. The largest absolute Gasteiger partial charge is 0.336 e. The van der Waals surface area contributed by atoms with Gasteiger partial charge in [-0.1, -0.05) is 11.6 Å². The highest BCUT2D eigenvalue weighted by Crippen LogP contribution is 2.18. The Balaban J connectivity index is 2.14. The van der Waals surface area contributed by atoms with Crippen molar-refractivity contribution < 1.29 is 4.79 Å². The first-order valence-electron chi connectivity index (χ1n) is 5.66. The van der Waals surface area contributed by atoms with Crippen LogP contribution in [0.2, 0.25) is 5.02 Å². The van der Waals surface area contributed by atoms with Crippen molar-refractivity contribution in [3.05, 3.63) is 51.2 Å². The van der Waals surface area contributed by atoms with Gasteiger partial charge in [0.25, 0.3) is 5.91 Å². The third-order valence-corrected chi connectivity index (χ3v) is 3.75. The van der Waals surface area contributed by atoms with E-state index in [1.54, 1.807) is 47.1 Å². The van der Waals surface area contributed by atoms with Gasteiger partial charge in [0, 0.05) is 24.7 Å². The van der Waals surface area contributed by atoms with Crippen LogP contribution in [0.3, 0.4) is 0 Å². The van der Waals surface area contributed by atoms with Crippen LogP contribution in [-0.4, -0.2) is 27.6 Å². The number of carbonyl (C=O) groups excluding carboxylic acids is 1. The van der Waals surface area contributed by atoms with Gasteiger partial charge < -0.3 is 4.90 Å². The Labute approximate surface area is 125 Å². The van der Waals surface area contributed by atoms with Crippen molar-refractivity contribution in [2.45, 2.75) is 6.54 Å². The summed E-state index contributed by atoms with van der Waals surface area (Å²) in [7, 11) is 3.61. The molecule has 0 unspecified atom stereocenters. The summed E-state index contributed by atoms with van der Waals surface area (Å²) >= 11 is 9.23. The molecule has 0 spiro atoms. The molecule has 1 heterocycles. The molecular weight excluding hydrogens is 330 g/mol. The molecule has 0 atom stereocenters. The number of amides is 1. The minimum atomic E-state index is -0.0511. The Kier molecular flexibility index (Phi) is 4.27. The average molecular weight is 343 g/mol. The third-order valence-electron chi connectivity index (χ3n) is 2.84. The smallest absolute Gasteiger partial charge is 0.253 e. The van der Waals surface area contributed by atoms with E-state index in [9.17, 15) is 4.79 Å². The van der Waals surface area contributed by atoms with Crippen LogP contribution < -0.4 is 0 Å². The topological polar surface area (TPSA) is 38.1 Å². The van der Waals surface area contributed by atoms with Gasteiger partial charge in [-0.3, -0.25) is 9.48 Å². The SMILES string of the molecule is CN(Cc1c(Br)cnn1C)C(=O)c1ccc(Cl)cc1. The Morgan fingerprint density at radius 3 is 2.58 bits per heavy atom. The molecule has 0 bridgehead atoms. The Morgan fingerprint density at radius 2 is 2.05 bits per heavy atom. The molecule has 19 heavy (non-hydrogen) atoms. The van der Waals surface area contributed by atoms with Crippen LogP contribution in [0.4, 0.5) is 0 Å². The zero-order chi connectivity index (χ0) is 14.0. The predicted octanol–water partition coefficient (Wildman–Crippen LogP) is 3.11. The second kappa shape index (κ2) is 5.75. The lowest BCUT2D eigenvalue weighted by atomic mass is 10.2. The third kappa shape index (κ3) is 3.16. The van der Waals surface area contributed by atoms with Crippen LogP contribution in [0.5, 0.6) is 0 Å². The number of hydrogen-bond acceptors (Lipinski definition) is 2. The van der Waals surface area contributed by atoms with E-state index in [1.165, 1.54) is 0 Å². The van der Waals surface area contributed by atoms with Crippen molar-refractivity contribution in [3.8, 4) is 0 Å². The maximum Gasteiger partial charge on any atom is 0.253 e. The van der Waals surface area contributed by atoms with Crippen molar-refractivity contribution >= 4 is 33.4 Å². The van der Waals surface area contributed by atoms with Crippen LogP contribution >= 0.6 is 27.5 Å². The molecule has 2 rings (SSSR count). The molecular formula is C13H13BrClN3O. The number of benzene rings is 1. The highest BCUT2D eigenvalue weighted by molar-refractivity contribution is 9.10. The van der Waals surface area contributed by atoms with Gasteiger partial charge in [-0.2, -0.15) is 5.10 Å². The first kappa shape index (κ1) is 14.1. The first-order valence-corrected chi connectivity index (χ1v) is 6.83. The molecule has 0 aliphatic heterocycles. The van der Waals surface area contributed by atoms with Gasteiger partial charge in [-0.05, 0) is 40.2 Å². The molecule has 0 aliphatic rings. The van der Waals surface area contributed by atoms with E-state index in [-0.39, 0.29) is 5.91 Å². The quantitative estimate of drug-likeness (QED) is 0.859. The molecule has 6 heteroatoms. The molecule has 0 aliphatic carbocycles. The van der Waals surface area contributed by atoms with E-state index in [0.29, 0.717) is 17.1 Å². The zero-order valence-corrected chi connectivity index (χ0v) is 12.9. The molecule has 0 fully saturated rings. The predicted molar refractivity (Wildman–Crippen MR) is 78.2 cm³/mol. The molecule has 0 saturated carbocycles. The number of hydrogen-bond donors (Lipinski definition) is 0. The molecule has 0 saturated heterocycles. The highest BCUT2D eigenvalue weighted by Gasteiger charge is 2.15. The summed E-state index contributed by atoms with van der Waals surface area (Å²) in [5.74, 6) is -0.0511. The normalized spacial score (nSPS) is 10.5. The Bertz CT molecular complexity index is 575. The van der Waals surface area contributed by atoms with Gasteiger partial charge in [-0.15, -0.1) is 0 Å². The maximum absolute atomic E-state index is 12.2. The van der Waals surface area contributed by atoms with Gasteiger partial charge in [0.05, 0.1) is 22.9 Å². The summed E-state index contributed by atoms with van der Waals surface area (Å²) in [6.45, 7) is 0.485. The fraction of sp³-hybridized carbons (Fsp3) is 0.231. The number of rotatable bonds is 3. The summed E-state index contributed by atoms with van der Waals surface area (Å²) in [6, 6.07) is 6.87. The average Bonchev–Trinajstić information content (AvgIpc) is 2.70. The first-order chi connectivity index (χ1) is 8.99. The molecule has 1 aromatic heterocycles. The lowest BCUT2D eigenvalue weighted by Crippen LogP contribution is -2.27. The fourth-order valence-electron chi connectivity index (χ4n) is 1.72. The van der Waals surface area contributed by atoms with E-state index in [4.69, 9.17) is 11.6 Å². The number of aryl methyl sites for hydroxylation is 1. The van der Waals surface area contributed by atoms with Gasteiger partial charge in [0.1, 0.15) is 0 Å². The standard InChI is InChI=1S/C13H13BrClN3O/c1-17(8-12-11(14)7-16-18(12)2)13(19)9-3-5-10(15)6-4-9/h3-7H,8H2,1-2H3. The van der Waals surface area contributed by atoms with E-state index in [2.05, 4.69) is 21.0 Å². The van der Waals surface area contributed by atoms with Gasteiger partial charge in [0.15, 0.2) is 0 Å². The summed E-state index contributed by atoms with van der Waals surface area (Å²) in [5, 5.41) is 4.75. The van der Waals surface area contributed by atoms with E-state index in [0.717, 1.165) is 10.2 Å². The number of carbonyl (C=O) groups is 1. The molecule has 2 aromatic rings. The van der Waals surface area contributed by atoms with Gasteiger partial charge in [0.2, 0.25) is 0 Å². The molecule has 0 N–H and O–H groups in total. The van der Waals surface area contributed by atoms with Crippen molar-refractivity contribution in [1.29, 1.82) is 0 Å². The van der Waals surface area contributed by atoms with Crippen molar-refractivity contribution in [3.63, 3.8) is 0 Å². The summed E-state index contributed by atoms with van der Waals surface area (Å²) in [4.78, 5) is 13.9. The monoisotopic (exact) mass is 341 g/mol. The maximum atomic E-state index is 12.2. The molecule has 100 valence electrons. The minimum Gasteiger partial charge on any atom is -0.336 e. The van der Waals surface area contributed by atoms with Crippen molar-refractivity contribution in [2.24, 2.45) is 7.05 Å². The second-order valence-corrected chi connectivity index (χ2v) is 5.52. The fourth-order valence-corrected chi connectivity index (χ4v) is 2.32. The van der Waals surface area contributed by atoms with Crippen molar-refractivity contribution in [1.82, 2.24) is 14.7 Å². The van der Waals surface area contributed by atoms with Gasteiger partial charge >= 0.3 is 0 Å². The Hall–Kier alpha value is -1.33. The van der Waals surface area contributed by atoms with E-state index in [1.807, 2.05) is 7.05 Å². The number of halogens is 2. The van der Waals surface area contributed by atoms with Crippen LogP contribution in [0.1, 0.15) is 16.1 Å². The summed E-state index contributed by atoms with van der Waals surface area (Å²) in [6.07, 6.45) is 1.72. The Morgan fingerprint density at radius 1 is 1.42 bits per heavy atom. The minimum absolute atomic E-state index is 0.0511. The number of aromatic nitrogens is 2. The second-order valence-electron chi connectivity index (χ2n) is 4.23. The molecule has 4 nitrogen and oxygen atoms in total. The van der Waals surface area contributed by atoms with Crippen LogP contribution in [-0.2, 0) is 13.6 Å². The van der Waals surface area contributed by atoms with Crippen molar-refractivity contribution in [2.75, 3.05) is 7.05 Å². The molecule has 1 aromatic carbocycles. The summed E-state index contributed by atoms with van der Waals surface area (Å²) in [5.41, 5.74) is 1.56. The van der Waals surface area contributed by atoms with E-state index >= 15 is 0 Å². The number of nitrogens with zero attached hydrogens (tertiary/aromatic N) is 3.